The second-order valence-corrected chi connectivity index (χ2v) is 5.51. The molecule has 2 N–H and O–H groups in total. The van der Waals surface area contributed by atoms with E-state index in [1.54, 1.807) is 14.2 Å². The van der Waals surface area contributed by atoms with E-state index in [9.17, 15) is 0 Å². The maximum atomic E-state index is 5.25. The molecule has 0 aliphatic carbocycles. The summed E-state index contributed by atoms with van der Waals surface area (Å²) in [5.41, 5.74) is 1.75. The molecule has 0 atom stereocenters. The van der Waals surface area contributed by atoms with E-state index in [0.717, 1.165) is 28.9 Å². The van der Waals surface area contributed by atoms with E-state index in [4.69, 9.17) is 9.47 Å². The number of nitrogens with zero attached hydrogens (tertiary/aromatic N) is 4. The largest absolute Gasteiger partial charge is 0.497 e. The van der Waals surface area contributed by atoms with Crippen LogP contribution in [0.25, 0.3) is 10.9 Å². The molecule has 2 heterocycles. The van der Waals surface area contributed by atoms with Crippen molar-refractivity contribution >= 4 is 22.8 Å². The third kappa shape index (κ3) is 3.72. The molecule has 0 amide bonds. The standard InChI is InChI=1S/C16H22N6O2/c1-11-13-8-12(24-3)4-5-14(13)20-16(19-11)21-15-17-9-22(10-18-15)6-7-23-2/h4-5,8H,6-7,9-10H2,1-3H3,(H2,17,18,19,20,21). The number of fused-ring (bicyclic) bond motifs is 1. The Morgan fingerprint density at radius 2 is 2.17 bits per heavy atom. The summed E-state index contributed by atoms with van der Waals surface area (Å²) in [4.78, 5) is 15.7. The summed E-state index contributed by atoms with van der Waals surface area (Å²) < 4.78 is 10.3. The van der Waals surface area contributed by atoms with Crippen LogP contribution in [-0.2, 0) is 4.74 Å². The molecule has 0 radical (unpaired) electrons. The van der Waals surface area contributed by atoms with Gasteiger partial charge in [0, 0.05) is 19.0 Å². The third-order valence-electron chi connectivity index (χ3n) is 3.83. The van der Waals surface area contributed by atoms with Crippen molar-refractivity contribution in [3.8, 4) is 5.75 Å². The summed E-state index contributed by atoms with van der Waals surface area (Å²) in [6, 6.07) is 5.76. The first-order valence-electron chi connectivity index (χ1n) is 7.78. The molecule has 0 saturated heterocycles. The number of guanidine groups is 1. The summed E-state index contributed by atoms with van der Waals surface area (Å²) in [6.45, 7) is 4.81. The van der Waals surface area contributed by atoms with Gasteiger partial charge in [0.05, 0.1) is 38.3 Å². The minimum absolute atomic E-state index is 0.529. The van der Waals surface area contributed by atoms with E-state index in [1.807, 2.05) is 25.1 Å². The van der Waals surface area contributed by atoms with Crippen LogP contribution in [-0.4, -0.2) is 61.5 Å². The van der Waals surface area contributed by atoms with E-state index in [1.165, 1.54) is 0 Å². The number of aromatic nitrogens is 2. The molecular weight excluding hydrogens is 308 g/mol. The molecular formula is C16H22N6O2. The topological polar surface area (TPSA) is 83.9 Å². The number of hydrogen-bond acceptors (Lipinski definition) is 8. The molecule has 0 unspecified atom stereocenters. The van der Waals surface area contributed by atoms with Gasteiger partial charge in [-0.25, -0.2) is 15.0 Å². The zero-order chi connectivity index (χ0) is 16.9. The number of methoxy groups -OCH3 is 2. The monoisotopic (exact) mass is 330 g/mol. The van der Waals surface area contributed by atoms with E-state index < -0.39 is 0 Å². The number of rotatable bonds is 5. The molecule has 0 bridgehead atoms. The lowest BCUT2D eigenvalue weighted by molar-refractivity contribution is 0.145. The van der Waals surface area contributed by atoms with Crippen LogP contribution in [0.3, 0.4) is 0 Å². The zero-order valence-corrected chi connectivity index (χ0v) is 14.2. The lowest BCUT2D eigenvalue weighted by Gasteiger charge is -2.26. The van der Waals surface area contributed by atoms with Gasteiger partial charge in [0.1, 0.15) is 5.75 Å². The minimum atomic E-state index is 0.529. The highest BCUT2D eigenvalue weighted by Gasteiger charge is 2.13. The van der Waals surface area contributed by atoms with Crippen LogP contribution in [0.15, 0.2) is 23.2 Å². The Hall–Kier alpha value is -2.45. The van der Waals surface area contributed by atoms with Crippen molar-refractivity contribution in [2.75, 3.05) is 46.0 Å². The third-order valence-corrected chi connectivity index (χ3v) is 3.83. The molecule has 0 spiro atoms. The van der Waals surface area contributed by atoms with Crippen molar-refractivity contribution in [3.63, 3.8) is 0 Å². The van der Waals surface area contributed by atoms with Crippen LogP contribution in [0.5, 0.6) is 5.75 Å². The predicted molar refractivity (Wildman–Crippen MR) is 93.3 cm³/mol. The minimum Gasteiger partial charge on any atom is -0.497 e. The zero-order valence-electron chi connectivity index (χ0n) is 14.2. The van der Waals surface area contributed by atoms with E-state index in [2.05, 4.69) is 30.5 Å². The van der Waals surface area contributed by atoms with Crippen LogP contribution in [0.1, 0.15) is 5.69 Å². The van der Waals surface area contributed by atoms with Gasteiger partial charge < -0.3 is 14.8 Å². The van der Waals surface area contributed by atoms with Gasteiger partial charge in [0.2, 0.25) is 11.9 Å². The smallest absolute Gasteiger partial charge is 0.230 e. The molecule has 0 saturated carbocycles. The van der Waals surface area contributed by atoms with E-state index in [-0.39, 0.29) is 0 Å². The molecule has 24 heavy (non-hydrogen) atoms. The summed E-state index contributed by atoms with van der Waals surface area (Å²) in [5.74, 6) is 2.00. The Kier molecular flexibility index (Phi) is 5.07. The van der Waals surface area contributed by atoms with Gasteiger partial charge in [-0.15, -0.1) is 0 Å². The van der Waals surface area contributed by atoms with Gasteiger partial charge in [0.15, 0.2) is 0 Å². The molecule has 0 fully saturated rings. The molecule has 8 heteroatoms. The lowest BCUT2D eigenvalue weighted by atomic mass is 10.2. The fourth-order valence-corrected chi connectivity index (χ4v) is 2.47. The van der Waals surface area contributed by atoms with Crippen LogP contribution in [0, 0.1) is 6.92 Å². The quantitative estimate of drug-likeness (QED) is 0.851. The molecule has 1 aromatic carbocycles. The van der Waals surface area contributed by atoms with Gasteiger partial charge in [0.25, 0.3) is 0 Å². The van der Waals surface area contributed by atoms with E-state index in [0.29, 0.717) is 31.9 Å². The first-order valence-corrected chi connectivity index (χ1v) is 7.78. The van der Waals surface area contributed by atoms with Crippen molar-refractivity contribution in [3.05, 3.63) is 23.9 Å². The first kappa shape index (κ1) is 16.4. The summed E-state index contributed by atoms with van der Waals surface area (Å²) in [5, 5.41) is 7.34. The van der Waals surface area contributed by atoms with Crippen LogP contribution in [0.4, 0.5) is 5.95 Å². The van der Waals surface area contributed by atoms with Crippen molar-refractivity contribution in [2.24, 2.45) is 4.99 Å². The second kappa shape index (κ2) is 7.41. The fraction of sp³-hybridized carbons (Fsp3) is 0.438. The van der Waals surface area contributed by atoms with Crippen molar-refractivity contribution < 1.29 is 9.47 Å². The fourth-order valence-electron chi connectivity index (χ4n) is 2.47. The van der Waals surface area contributed by atoms with Crippen LogP contribution >= 0.6 is 0 Å². The number of anilines is 1. The molecule has 8 nitrogen and oxygen atoms in total. The van der Waals surface area contributed by atoms with Gasteiger partial charge in [-0.3, -0.25) is 10.2 Å². The Bertz CT molecular complexity index is 749. The normalized spacial score (nSPS) is 15.0. The molecule has 1 aliphatic heterocycles. The lowest BCUT2D eigenvalue weighted by Crippen LogP contribution is -2.46. The summed E-state index contributed by atoms with van der Waals surface area (Å²) >= 11 is 0. The SMILES string of the molecule is COCCN1CN=C(Nc2nc(C)c3cc(OC)ccc3n2)NC1. The Labute approximate surface area is 140 Å². The van der Waals surface area contributed by atoms with Crippen LogP contribution in [0.2, 0.25) is 0 Å². The molecule has 1 aromatic heterocycles. The summed E-state index contributed by atoms with van der Waals surface area (Å²) in [7, 11) is 3.35. The summed E-state index contributed by atoms with van der Waals surface area (Å²) in [6.07, 6.45) is 0. The number of ether oxygens (including phenoxy) is 2. The number of hydrogen-bond donors (Lipinski definition) is 2. The molecule has 3 rings (SSSR count). The van der Waals surface area contributed by atoms with Gasteiger partial charge in [-0.1, -0.05) is 0 Å². The highest BCUT2D eigenvalue weighted by atomic mass is 16.5. The average molecular weight is 330 g/mol. The van der Waals surface area contributed by atoms with Crippen molar-refractivity contribution in [1.82, 2.24) is 20.2 Å². The maximum absolute atomic E-state index is 5.25. The first-order chi connectivity index (χ1) is 11.7. The Balaban J connectivity index is 1.73. The average Bonchev–Trinajstić information content (AvgIpc) is 2.61. The van der Waals surface area contributed by atoms with Crippen molar-refractivity contribution in [1.29, 1.82) is 0 Å². The van der Waals surface area contributed by atoms with Gasteiger partial charge in [-0.05, 0) is 25.1 Å². The number of nitrogens with one attached hydrogen (secondary N) is 2. The molecule has 128 valence electrons. The number of aliphatic imine (C=N–C) groups is 1. The Morgan fingerprint density at radius 3 is 2.88 bits per heavy atom. The highest BCUT2D eigenvalue weighted by molar-refractivity contribution is 5.93. The number of aryl methyl sites for hydroxylation is 1. The number of benzene rings is 1. The highest BCUT2D eigenvalue weighted by Crippen LogP contribution is 2.22. The second-order valence-electron chi connectivity index (χ2n) is 5.51. The maximum Gasteiger partial charge on any atom is 0.230 e. The van der Waals surface area contributed by atoms with Gasteiger partial charge in [-0.2, -0.15) is 0 Å². The molecule has 2 aromatic rings. The van der Waals surface area contributed by atoms with Gasteiger partial charge >= 0.3 is 0 Å². The Morgan fingerprint density at radius 1 is 1.29 bits per heavy atom. The molecule has 1 aliphatic rings. The van der Waals surface area contributed by atoms with E-state index >= 15 is 0 Å². The van der Waals surface area contributed by atoms with Crippen LogP contribution < -0.4 is 15.4 Å². The van der Waals surface area contributed by atoms with Crippen molar-refractivity contribution in [2.45, 2.75) is 6.92 Å². The predicted octanol–water partition coefficient (Wildman–Crippen LogP) is 1.18.